The number of amides is 2. The monoisotopic (exact) mass is 330 g/mol. The Hall–Kier alpha value is -2.89. The number of hydrogen-bond acceptors (Lipinski definition) is 3. The van der Waals surface area contributed by atoms with Gasteiger partial charge in [0.25, 0.3) is 5.91 Å². The molecule has 0 unspecified atom stereocenters. The number of benzene rings is 2. The third kappa shape index (κ3) is 5.39. The van der Waals surface area contributed by atoms with Crippen molar-refractivity contribution in [3.8, 4) is 5.75 Å². The summed E-state index contributed by atoms with van der Waals surface area (Å²) in [6.07, 6.45) is 0.764. The lowest BCUT2D eigenvalue weighted by molar-refractivity contribution is -0.129. The number of halogens is 1. The predicted molar refractivity (Wildman–Crippen MR) is 87.7 cm³/mol. The highest BCUT2D eigenvalue weighted by molar-refractivity contribution is 5.83. The van der Waals surface area contributed by atoms with Crippen molar-refractivity contribution in [3.63, 3.8) is 0 Å². The molecule has 0 saturated carbocycles. The van der Waals surface area contributed by atoms with Gasteiger partial charge in [-0.2, -0.15) is 0 Å². The molecule has 0 atom stereocenters. The maximum atomic E-state index is 13.0. The maximum Gasteiger partial charge on any atom is 0.276 e. The Morgan fingerprint density at radius 2 is 1.79 bits per heavy atom. The van der Waals surface area contributed by atoms with Crippen LogP contribution in [-0.2, 0) is 22.4 Å². The number of rotatable bonds is 6. The van der Waals surface area contributed by atoms with Gasteiger partial charge < -0.3 is 4.74 Å². The van der Waals surface area contributed by atoms with Crippen molar-refractivity contribution >= 4 is 11.8 Å². The Morgan fingerprint density at radius 3 is 2.54 bits per heavy atom. The Kier molecular flexibility index (Phi) is 6.31. The van der Waals surface area contributed by atoms with Crippen LogP contribution in [-0.4, -0.2) is 18.4 Å². The molecular formula is C18H19FN2O3. The van der Waals surface area contributed by atoms with Gasteiger partial charge in [0.15, 0.2) is 6.61 Å². The van der Waals surface area contributed by atoms with E-state index in [1.54, 1.807) is 12.1 Å². The lowest BCUT2D eigenvalue weighted by atomic mass is 10.1. The summed E-state index contributed by atoms with van der Waals surface area (Å²) in [5.74, 6) is -0.690. The summed E-state index contributed by atoms with van der Waals surface area (Å²) < 4.78 is 18.5. The number of carbonyl (C=O) groups is 2. The largest absolute Gasteiger partial charge is 0.483 e. The number of hydrazine groups is 1. The first-order valence-electron chi connectivity index (χ1n) is 7.61. The minimum atomic E-state index is -0.478. The number of carbonyl (C=O) groups excluding carboxylic acids is 2. The van der Waals surface area contributed by atoms with Crippen LogP contribution >= 0.6 is 0 Å². The fraction of sp³-hybridized carbons (Fsp3) is 0.222. The SMILES string of the molecule is CCc1ccccc1OCC(=O)NNC(=O)Cc1cccc(F)c1. The zero-order chi connectivity index (χ0) is 17.4. The third-order valence-corrected chi connectivity index (χ3v) is 3.31. The fourth-order valence-electron chi connectivity index (χ4n) is 2.13. The van der Waals surface area contributed by atoms with Gasteiger partial charge >= 0.3 is 0 Å². The molecule has 2 aromatic carbocycles. The van der Waals surface area contributed by atoms with Crippen LogP contribution in [0.15, 0.2) is 48.5 Å². The van der Waals surface area contributed by atoms with Gasteiger partial charge in [-0.15, -0.1) is 0 Å². The number of nitrogens with one attached hydrogen (secondary N) is 2. The first-order chi connectivity index (χ1) is 11.6. The Bertz CT molecular complexity index is 719. The first kappa shape index (κ1) is 17.5. The molecule has 24 heavy (non-hydrogen) atoms. The van der Waals surface area contributed by atoms with E-state index in [1.807, 2.05) is 25.1 Å². The molecule has 0 heterocycles. The number of hydrogen-bond donors (Lipinski definition) is 2. The molecule has 2 amide bonds. The van der Waals surface area contributed by atoms with E-state index in [1.165, 1.54) is 18.2 Å². The van der Waals surface area contributed by atoms with Crippen molar-refractivity contribution in [2.75, 3.05) is 6.61 Å². The van der Waals surface area contributed by atoms with Crippen molar-refractivity contribution in [1.29, 1.82) is 0 Å². The molecule has 0 bridgehead atoms. The van der Waals surface area contributed by atoms with Crippen LogP contribution in [0.1, 0.15) is 18.1 Å². The van der Waals surface area contributed by atoms with E-state index in [2.05, 4.69) is 10.9 Å². The third-order valence-electron chi connectivity index (χ3n) is 3.31. The zero-order valence-corrected chi connectivity index (χ0v) is 13.3. The second-order valence-corrected chi connectivity index (χ2v) is 5.15. The average molecular weight is 330 g/mol. The van der Waals surface area contributed by atoms with Gasteiger partial charge in [-0.3, -0.25) is 20.4 Å². The second kappa shape index (κ2) is 8.67. The van der Waals surface area contributed by atoms with Crippen molar-refractivity contribution in [2.24, 2.45) is 0 Å². The quantitative estimate of drug-likeness (QED) is 0.798. The van der Waals surface area contributed by atoms with Crippen LogP contribution in [0.3, 0.4) is 0 Å². The zero-order valence-electron chi connectivity index (χ0n) is 13.3. The lowest BCUT2D eigenvalue weighted by Crippen LogP contribution is -2.44. The number of para-hydroxylation sites is 1. The molecule has 0 aliphatic carbocycles. The molecule has 0 spiro atoms. The fourth-order valence-corrected chi connectivity index (χ4v) is 2.13. The van der Waals surface area contributed by atoms with Crippen LogP contribution in [0, 0.1) is 5.82 Å². The van der Waals surface area contributed by atoms with E-state index in [0.717, 1.165) is 12.0 Å². The predicted octanol–water partition coefficient (Wildman–Crippen LogP) is 2.16. The summed E-state index contributed by atoms with van der Waals surface area (Å²) in [5, 5.41) is 0. The lowest BCUT2D eigenvalue weighted by Gasteiger charge is -2.11. The standard InChI is InChI=1S/C18H19FN2O3/c1-2-14-7-3-4-9-16(14)24-12-18(23)21-20-17(22)11-13-6-5-8-15(19)10-13/h3-10H,2,11-12H2,1H3,(H,20,22)(H,21,23). The molecule has 0 fully saturated rings. The number of aryl methyl sites for hydroxylation is 1. The molecule has 0 radical (unpaired) electrons. The summed E-state index contributed by atoms with van der Waals surface area (Å²) in [4.78, 5) is 23.4. The van der Waals surface area contributed by atoms with Crippen LogP contribution in [0.2, 0.25) is 0 Å². The van der Waals surface area contributed by atoms with Gasteiger partial charge in [0.05, 0.1) is 6.42 Å². The van der Waals surface area contributed by atoms with Gasteiger partial charge in [0.1, 0.15) is 11.6 Å². The number of ether oxygens (including phenoxy) is 1. The van der Waals surface area contributed by atoms with Crippen LogP contribution in [0.25, 0.3) is 0 Å². The van der Waals surface area contributed by atoms with Crippen LogP contribution in [0.5, 0.6) is 5.75 Å². The van der Waals surface area contributed by atoms with Crippen molar-refractivity contribution in [1.82, 2.24) is 10.9 Å². The molecule has 0 saturated heterocycles. The molecule has 2 N–H and O–H groups in total. The maximum absolute atomic E-state index is 13.0. The summed E-state index contributed by atoms with van der Waals surface area (Å²) in [7, 11) is 0. The van der Waals surface area contributed by atoms with Crippen molar-refractivity contribution in [3.05, 3.63) is 65.5 Å². The van der Waals surface area contributed by atoms with Gasteiger partial charge in [0.2, 0.25) is 5.91 Å². The van der Waals surface area contributed by atoms with Gasteiger partial charge in [-0.25, -0.2) is 4.39 Å². The van der Waals surface area contributed by atoms with E-state index in [0.29, 0.717) is 11.3 Å². The van der Waals surface area contributed by atoms with Gasteiger partial charge in [-0.05, 0) is 35.7 Å². The average Bonchev–Trinajstić information content (AvgIpc) is 2.58. The van der Waals surface area contributed by atoms with Crippen LogP contribution < -0.4 is 15.6 Å². The molecule has 2 aromatic rings. The normalized spacial score (nSPS) is 10.1. The van der Waals surface area contributed by atoms with E-state index < -0.39 is 17.6 Å². The van der Waals surface area contributed by atoms with Crippen molar-refractivity contribution < 1.29 is 18.7 Å². The smallest absolute Gasteiger partial charge is 0.276 e. The summed E-state index contributed by atoms with van der Waals surface area (Å²) in [6.45, 7) is 1.78. The van der Waals surface area contributed by atoms with Crippen LogP contribution in [0.4, 0.5) is 4.39 Å². The topological polar surface area (TPSA) is 67.4 Å². The molecule has 6 heteroatoms. The minimum absolute atomic E-state index is 0.0302. The van der Waals surface area contributed by atoms with Crippen molar-refractivity contribution in [2.45, 2.75) is 19.8 Å². The van der Waals surface area contributed by atoms with E-state index in [4.69, 9.17) is 4.74 Å². The Balaban J connectivity index is 1.75. The van der Waals surface area contributed by atoms with E-state index in [9.17, 15) is 14.0 Å². The summed E-state index contributed by atoms with van der Waals surface area (Å²) in [5.41, 5.74) is 6.07. The Labute approximate surface area is 139 Å². The highest BCUT2D eigenvalue weighted by atomic mass is 19.1. The molecule has 126 valence electrons. The van der Waals surface area contributed by atoms with Gasteiger partial charge in [-0.1, -0.05) is 37.3 Å². The highest BCUT2D eigenvalue weighted by Crippen LogP contribution is 2.17. The second-order valence-electron chi connectivity index (χ2n) is 5.15. The first-order valence-corrected chi connectivity index (χ1v) is 7.61. The summed E-state index contributed by atoms with van der Waals surface area (Å²) in [6, 6.07) is 13.2. The summed E-state index contributed by atoms with van der Waals surface area (Å²) >= 11 is 0. The molecule has 2 rings (SSSR count). The molecule has 0 aliphatic rings. The van der Waals surface area contributed by atoms with E-state index >= 15 is 0 Å². The molecule has 0 aromatic heterocycles. The van der Waals surface area contributed by atoms with Gasteiger partial charge in [0, 0.05) is 0 Å². The van der Waals surface area contributed by atoms with E-state index in [-0.39, 0.29) is 13.0 Å². The highest BCUT2D eigenvalue weighted by Gasteiger charge is 2.08. The Morgan fingerprint density at radius 1 is 1.04 bits per heavy atom. The molecule has 0 aliphatic heterocycles. The molecular weight excluding hydrogens is 311 g/mol. The molecule has 5 nitrogen and oxygen atoms in total. The minimum Gasteiger partial charge on any atom is -0.483 e.